The molecule has 4 heterocycles. The Morgan fingerprint density at radius 3 is 2.19 bits per heavy atom. The van der Waals surface area contributed by atoms with Crippen molar-refractivity contribution in [2.75, 3.05) is 0 Å². The largest absolute Gasteiger partial charge is 0.494 e. The number of hydrogen-bond donors (Lipinski definition) is 2. The van der Waals surface area contributed by atoms with E-state index in [1.807, 2.05) is 44.2 Å². The number of nitrogens with zero attached hydrogens (tertiary/aromatic N) is 3. The van der Waals surface area contributed by atoms with Crippen LogP contribution in [-0.2, 0) is 15.9 Å². The van der Waals surface area contributed by atoms with Crippen LogP contribution >= 0.6 is 0 Å². The molecule has 3 aromatic rings. The minimum Gasteiger partial charge on any atom is -0.494 e. The van der Waals surface area contributed by atoms with E-state index in [-0.39, 0.29) is 11.8 Å². The second-order valence-electron chi connectivity index (χ2n) is 7.03. The van der Waals surface area contributed by atoms with Crippen LogP contribution in [0.4, 0.5) is 0 Å². The van der Waals surface area contributed by atoms with Crippen molar-refractivity contribution in [3.63, 3.8) is 0 Å². The van der Waals surface area contributed by atoms with Gasteiger partial charge in [-0.15, -0.1) is 0 Å². The van der Waals surface area contributed by atoms with Crippen molar-refractivity contribution < 1.29 is 14.9 Å². The molecular weight excluding hydrogens is 330 g/mol. The summed E-state index contributed by atoms with van der Waals surface area (Å²) in [7, 11) is 0. The number of rotatable bonds is 1. The number of hydrogen-bond acceptors (Lipinski definition) is 5. The number of fused-ring (bicyclic) bond motifs is 6. The van der Waals surface area contributed by atoms with Crippen molar-refractivity contribution >= 4 is 10.8 Å². The van der Waals surface area contributed by atoms with Gasteiger partial charge in [0.2, 0.25) is 11.8 Å². The highest BCUT2D eigenvalue weighted by Crippen LogP contribution is 2.61. The third kappa shape index (κ3) is 1.56. The van der Waals surface area contributed by atoms with Crippen molar-refractivity contribution in [3.8, 4) is 23.5 Å². The molecule has 128 valence electrons. The minimum absolute atomic E-state index is 0.0789. The third-order valence-corrected chi connectivity index (χ3v) is 5.38. The van der Waals surface area contributed by atoms with E-state index in [4.69, 9.17) is 4.74 Å². The fraction of sp³-hybridized carbons (Fsp3) is 0.200. The van der Waals surface area contributed by atoms with Crippen LogP contribution in [0.5, 0.6) is 11.8 Å². The first kappa shape index (κ1) is 15.0. The lowest BCUT2D eigenvalue weighted by Crippen LogP contribution is -2.19. The van der Waals surface area contributed by atoms with Crippen LogP contribution in [0, 0.1) is 11.3 Å². The maximum absolute atomic E-state index is 11.0. The zero-order chi connectivity index (χ0) is 18.3. The molecule has 5 rings (SSSR count). The van der Waals surface area contributed by atoms with Crippen LogP contribution in [0.2, 0.25) is 0 Å². The summed E-state index contributed by atoms with van der Waals surface area (Å²) in [5, 5.41) is 32.6. The average Bonchev–Trinajstić information content (AvgIpc) is 3.18. The molecule has 2 aromatic heterocycles. The Morgan fingerprint density at radius 1 is 1.04 bits per heavy atom. The first-order chi connectivity index (χ1) is 12.4. The van der Waals surface area contributed by atoms with Crippen LogP contribution in [-0.4, -0.2) is 19.8 Å². The minimum atomic E-state index is -0.785. The van der Waals surface area contributed by atoms with Gasteiger partial charge in [-0.3, -0.25) is 0 Å². The molecule has 2 aliphatic rings. The quantitative estimate of drug-likeness (QED) is 0.660. The topological polar surface area (TPSA) is 91.3 Å². The van der Waals surface area contributed by atoms with Crippen LogP contribution in [0.3, 0.4) is 0 Å². The number of nitriles is 1. The number of pyridine rings is 1. The molecule has 0 spiro atoms. The first-order valence-corrected chi connectivity index (χ1v) is 8.26. The van der Waals surface area contributed by atoms with E-state index in [0.29, 0.717) is 27.9 Å². The molecule has 1 aromatic carbocycles. The molecule has 0 saturated carbocycles. The fourth-order valence-electron chi connectivity index (χ4n) is 4.26. The summed E-state index contributed by atoms with van der Waals surface area (Å²) in [4.78, 5) is 4.20. The molecule has 0 radical (unpaired) electrons. The Bertz CT molecular complexity index is 1150. The number of benzene rings is 1. The highest BCUT2D eigenvalue weighted by Gasteiger charge is 2.56. The van der Waals surface area contributed by atoms with E-state index < -0.39 is 11.2 Å². The highest BCUT2D eigenvalue weighted by molar-refractivity contribution is 5.93. The van der Waals surface area contributed by atoms with Gasteiger partial charge in [-0.05, 0) is 26.0 Å². The second-order valence-corrected chi connectivity index (χ2v) is 7.03. The normalized spacial score (nSPS) is 25.6. The highest BCUT2D eigenvalue weighted by atomic mass is 16.5. The maximum Gasteiger partial charge on any atom is 0.205 e. The molecule has 6 heteroatoms. The van der Waals surface area contributed by atoms with E-state index in [9.17, 15) is 15.5 Å². The zero-order valence-electron chi connectivity index (χ0n) is 14.2. The van der Waals surface area contributed by atoms with Gasteiger partial charge in [0.05, 0.1) is 23.0 Å². The van der Waals surface area contributed by atoms with Gasteiger partial charge in [-0.2, -0.15) is 5.26 Å². The Kier molecular flexibility index (Phi) is 2.57. The van der Waals surface area contributed by atoms with Crippen molar-refractivity contribution in [2.45, 2.75) is 25.0 Å². The fourth-order valence-corrected chi connectivity index (χ4v) is 4.26. The van der Waals surface area contributed by atoms with Gasteiger partial charge in [-0.25, -0.2) is 9.55 Å². The van der Waals surface area contributed by atoms with Crippen molar-refractivity contribution in [3.05, 3.63) is 59.4 Å². The van der Waals surface area contributed by atoms with Crippen molar-refractivity contribution in [2.24, 2.45) is 0 Å². The lowest BCUT2D eigenvalue weighted by Gasteiger charge is -2.21. The third-order valence-electron chi connectivity index (χ3n) is 5.38. The summed E-state index contributed by atoms with van der Waals surface area (Å²) in [6, 6.07) is 9.38. The number of aromatic hydroxyl groups is 2. The Balaban J connectivity index is 1.87. The SMILES string of the molecule is CC12C=CC(C)(O1)c1c2c(O)n(-c2cnc(C#N)c3ccccc23)c1O. The standard InChI is InChI=1S/C20H15N3O3/c1-19-7-8-20(2,26-19)16-15(19)17(24)23(18(16)25)14-10-22-13(9-21)11-5-3-4-6-12(11)14/h3-8,10,24-25H,1-2H3. The molecule has 2 N–H and O–H groups in total. The average molecular weight is 345 g/mol. The summed E-state index contributed by atoms with van der Waals surface area (Å²) in [5.41, 5.74) is 0.365. The number of aromatic nitrogens is 2. The molecule has 26 heavy (non-hydrogen) atoms. The van der Waals surface area contributed by atoms with Gasteiger partial charge >= 0.3 is 0 Å². The lowest BCUT2D eigenvalue weighted by molar-refractivity contribution is -0.0517. The monoisotopic (exact) mass is 345 g/mol. The van der Waals surface area contributed by atoms with Gasteiger partial charge < -0.3 is 14.9 Å². The lowest BCUT2D eigenvalue weighted by atomic mass is 9.86. The summed E-state index contributed by atoms with van der Waals surface area (Å²) in [6.45, 7) is 3.72. The van der Waals surface area contributed by atoms with Crippen LogP contribution < -0.4 is 0 Å². The first-order valence-electron chi connectivity index (χ1n) is 8.26. The molecule has 2 bridgehead atoms. The van der Waals surface area contributed by atoms with Gasteiger partial charge in [0.15, 0.2) is 0 Å². The molecule has 0 saturated heterocycles. The smallest absolute Gasteiger partial charge is 0.205 e. The van der Waals surface area contributed by atoms with Gasteiger partial charge in [0.1, 0.15) is 23.0 Å². The molecule has 2 aliphatic heterocycles. The number of ether oxygens (including phenoxy) is 1. The molecule has 2 unspecified atom stereocenters. The summed E-state index contributed by atoms with van der Waals surface area (Å²) in [5.74, 6) is -0.158. The Morgan fingerprint density at radius 2 is 1.62 bits per heavy atom. The van der Waals surface area contributed by atoms with E-state index in [1.165, 1.54) is 10.8 Å². The molecule has 0 amide bonds. The predicted octanol–water partition coefficient (Wildman–Crippen LogP) is 3.34. The molecule has 0 fully saturated rings. The second kappa shape index (κ2) is 4.45. The predicted molar refractivity (Wildman–Crippen MR) is 94.0 cm³/mol. The summed E-state index contributed by atoms with van der Waals surface area (Å²) in [6.07, 6.45) is 5.29. The van der Waals surface area contributed by atoms with E-state index in [2.05, 4.69) is 11.1 Å². The molecular formula is C20H15N3O3. The van der Waals surface area contributed by atoms with E-state index in [1.54, 1.807) is 6.07 Å². The summed E-state index contributed by atoms with van der Waals surface area (Å²) >= 11 is 0. The molecule has 2 atom stereocenters. The Labute approximate surface area is 149 Å². The van der Waals surface area contributed by atoms with E-state index >= 15 is 0 Å². The summed E-state index contributed by atoms with van der Waals surface area (Å²) < 4.78 is 7.41. The maximum atomic E-state index is 11.0. The molecule has 6 nitrogen and oxygen atoms in total. The van der Waals surface area contributed by atoms with Gasteiger partial charge in [0, 0.05) is 10.8 Å². The van der Waals surface area contributed by atoms with E-state index in [0.717, 1.165) is 5.39 Å². The Hall–Kier alpha value is -3.30. The van der Waals surface area contributed by atoms with Crippen LogP contribution in [0.1, 0.15) is 30.7 Å². The zero-order valence-corrected chi connectivity index (χ0v) is 14.2. The van der Waals surface area contributed by atoms with Crippen LogP contribution in [0.15, 0.2) is 42.6 Å². The molecule has 0 aliphatic carbocycles. The van der Waals surface area contributed by atoms with Crippen molar-refractivity contribution in [1.29, 1.82) is 5.26 Å². The van der Waals surface area contributed by atoms with Crippen LogP contribution in [0.25, 0.3) is 16.5 Å². The van der Waals surface area contributed by atoms with Crippen molar-refractivity contribution in [1.82, 2.24) is 9.55 Å². The van der Waals surface area contributed by atoms with Gasteiger partial charge in [-0.1, -0.05) is 24.3 Å². The van der Waals surface area contributed by atoms with Gasteiger partial charge in [0.25, 0.3) is 0 Å².